The minimum atomic E-state index is -1.79. The smallest absolute Gasteiger partial charge is 0.477 e. The number of carboxylic acids is 1. The van der Waals surface area contributed by atoms with E-state index < -0.39 is 125 Å². The number of cyclic esters (lactones) is 1. The number of aromatic carboxylic acids is 1. The van der Waals surface area contributed by atoms with E-state index in [4.69, 9.17) is 59.1 Å². The number of hydrogen-bond donors (Lipinski definition) is 5. The summed E-state index contributed by atoms with van der Waals surface area (Å²) >= 11 is 6.65. The molecule has 1 unspecified atom stereocenters. The Hall–Kier alpha value is -4.69. The summed E-state index contributed by atoms with van der Waals surface area (Å²) in [6.07, 6.45) is -7.04. The number of carboxylic acid groups (broad SMARTS) is 1. The minimum absolute atomic E-state index is 0.00785. The Morgan fingerprint density at radius 1 is 0.938 bits per heavy atom. The van der Waals surface area contributed by atoms with Gasteiger partial charge < -0.3 is 82.9 Å². The number of aliphatic hydroxyl groups is 2. The number of rotatable bonds is 18. The lowest BCUT2D eigenvalue weighted by Gasteiger charge is -2.49. The highest BCUT2D eigenvalue weighted by Crippen LogP contribution is 2.44. The fraction of sp³-hybridized carbons (Fsp3) is 0.754. The largest absolute Gasteiger partial charge is 0.509 e. The third kappa shape index (κ3) is 14.0. The molecule has 81 heavy (non-hydrogen) atoms. The van der Waals surface area contributed by atoms with Crippen LogP contribution in [0.15, 0.2) is 28.3 Å². The predicted molar refractivity (Wildman–Crippen MR) is 297 cm³/mol. The highest BCUT2D eigenvalue weighted by Gasteiger charge is 2.59. The van der Waals surface area contributed by atoms with Gasteiger partial charge in [0.05, 0.1) is 64.3 Å². The number of halogens is 1. The van der Waals surface area contributed by atoms with E-state index in [9.17, 15) is 39.3 Å². The van der Waals surface area contributed by atoms with E-state index in [1.165, 1.54) is 20.4 Å². The first-order valence-corrected chi connectivity index (χ1v) is 28.7. The summed E-state index contributed by atoms with van der Waals surface area (Å²) in [4.78, 5) is 73.8. The Bertz CT molecular complexity index is 2670. The molecule has 7 rings (SSSR count). The number of nitrogens with zero attached hydrogens (tertiary/aromatic N) is 3. The molecular weight excluding hydrogens is 1080 g/mol. The molecule has 0 amide bonds. The zero-order valence-corrected chi connectivity index (χ0v) is 50.0. The SMILES string of the molecule is CC[C@H]1OC(=O)[C@H](C)C(O[C@H]2C[C@@](C)(OC)[C@@H](OC(=O)CCNCCNc3cc4c(=O)c(C(=O)O)cn(C5CC5)c4cc3Cl)[C@H](C)O2)[C@H](C)[C@@H](O[C@@H]2O[C@H](C)C[C@H](N(C)C)[C@H]2O)[C@](C)(O)C[C@@H](C)/C(=N\OC)[C@H](C)[C@H]2OC(=O)O[C@@]21C. The summed E-state index contributed by atoms with van der Waals surface area (Å²) < 4.78 is 58.7. The molecule has 23 nitrogen and oxygen atoms in total. The van der Waals surface area contributed by atoms with Crippen molar-refractivity contribution in [3.63, 3.8) is 0 Å². The molecule has 0 radical (unpaired) electrons. The van der Waals surface area contributed by atoms with Gasteiger partial charge in [0.25, 0.3) is 0 Å². The summed E-state index contributed by atoms with van der Waals surface area (Å²) in [5.41, 5.74) is -3.89. The minimum Gasteiger partial charge on any atom is -0.477 e. The fourth-order valence-corrected chi connectivity index (χ4v) is 12.9. The van der Waals surface area contributed by atoms with E-state index in [1.54, 1.807) is 67.5 Å². The van der Waals surface area contributed by atoms with E-state index in [1.807, 2.05) is 37.4 Å². The molecule has 454 valence electrons. The Labute approximate surface area is 478 Å². The topological polar surface area (TPSA) is 283 Å². The molecule has 1 aromatic heterocycles. The van der Waals surface area contributed by atoms with Crippen LogP contribution in [-0.2, 0) is 57.1 Å². The van der Waals surface area contributed by atoms with Gasteiger partial charge >= 0.3 is 24.1 Å². The number of esters is 2. The molecule has 0 spiro atoms. The first kappa shape index (κ1) is 63.9. The number of nitrogens with one attached hydrogen (secondary N) is 2. The number of aliphatic hydroxyl groups excluding tert-OH is 1. The monoisotopic (exact) mass is 1160 g/mol. The number of likely N-dealkylation sites (N-methyl/N-ethyl adjacent to an activating group) is 1. The van der Waals surface area contributed by atoms with Gasteiger partial charge in [-0.3, -0.25) is 14.4 Å². The summed E-state index contributed by atoms with van der Waals surface area (Å²) in [6.45, 7) is 18.5. The first-order valence-electron chi connectivity index (χ1n) is 28.3. The van der Waals surface area contributed by atoms with E-state index >= 15 is 0 Å². The molecule has 2 aromatic rings. The summed E-state index contributed by atoms with van der Waals surface area (Å²) in [7, 11) is 6.59. The number of anilines is 1. The lowest BCUT2D eigenvalue weighted by molar-refractivity contribution is -0.318. The van der Waals surface area contributed by atoms with Crippen molar-refractivity contribution < 1.29 is 82.0 Å². The Morgan fingerprint density at radius 2 is 1.64 bits per heavy atom. The number of methoxy groups -OCH3 is 1. The van der Waals surface area contributed by atoms with Gasteiger partial charge in [0.1, 0.15) is 30.5 Å². The van der Waals surface area contributed by atoms with Crippen LogP contribution in [0.2, 0.25) is 5.02 Å². The molecule has 5 N–H and O–H groups in total. The van der Waals surface area contributed by atoms with Gasteiger partial charge in [-0.2, -0.15) is 0 Å². The van der Waals surface area contributed by atoms with Crippen molar-refractivity contribution in [1.29, 1.82) is 0 Å². The van der Waals surface area contributed by atoms with Gasteiger partial charge in [-0.15, -0.1) is 0 Å². The van der Waals surface area contributed by atoms with Crippen LogP contribution in [0.3, 0.4) is 0 Å². The molecule has 5 aliphatic rings. The number of benzene rings is 1. The van der Waals surface area contributed by atoms with E-state index in [-0.39, 0.29) is 61.4 Å². The molecule has 1 aliphatic carbocycles. The van der Waals surface area contributed by atoms with Gasteiger partial charge in [0, 0.05) is 74.6 Å². The number of carbonyl (C=O) groups is 4. The highest BCUT2D eigenvalue weighted by molar-refractivity contribution is 6.34. The molecule has 0 bridgehead atoms. The van der Waals surface area contributed by atoms with Crippen LogP contribution in [0.5, 0.6) is 0 Å². The Kier molecular flexibility index (Phi) is 20.6. The molecule has 1 saturated carbocycles. The predicted octanol–water partition coefficient (Wildman–Crippen LogP) is 6.05. The van der Waals surface area contributed by atoms with Gasteiger partial charge in [-0.05, 0) is 99.9 Å². The lowest BCUT2D eigenvalue weighted by atomic mass is 9.73. The maximum absolute atomic E-state index is 14.8. The van der Waals surface area contributed by atoms with Crippen LogP contribution in [0.1, 0.15) is 131 Å². The standard InChI is InChI=1S/C57H86ClN5O18/c1-15-41-57(10)49(80-54(70)81-57)30(4)44(61-73-14)28(2)25-55(8,71)48(79-53-46(66)40(62(11)12)22-29(3)74-53)31(5)47(32(6)52(69)76-41)78-43-26-56(9,72-13)50(33(7)75-43)77-42(64)18-19-59-20-21-60-38-23-35-39(24-37(38)58)63(34-16-17-34)27-36(45(35)65)51(67)68/h23-24,27-34,40-41,43,46-50,53,59-60,66,71H,15-22,25-26H2,1-14H3,(H,67,68)/b61-44+/t28-,29-,30+,31+,32-,33+,40+,41-,43+,46-,47?,48-,49-,50+,53+,55-,56-,57-/m1/s1. The van der Waals surface area contributed by atoms with E-state index in [2.05, 4.69) is 15.8 Å². The number of fused-ring (bicyclic) bond motifs is 2. The number of oxime groups is 1. The van der Waals surface area contributed by atoms with Crippen LogP contribution >= 0.6 is 11.6 Å². The maximum Gasteiger partial charge on any atom is 0.509 e. The fourth-order valence-electron chi connectivity index (χ4n) is 12.6. The molecule has 5 heterocycles. The quantitative estimate of drug-likeness (QED) is 0.0492. The molecule has 24 heteroatoms. The van der Waals surface area contributed by atoms with Crippen LogP contribution < -0.4 is 16.1 Å². The van der Waals surface area contributed by atoms with E-state index in [0.29, 0.717) is 41.4 Å². The van der Waals surface area contributed by atoms with Crippen molar-refractivity contribution >= 4 is 58.0 Å². The van der Waals surface area contributed by atoms with Gasteiger partial charge in [0.2, 0.25) is 5.43 Å². The third-order valence-corrected chi connectivity index (χ3v) is 17.5. The number of pyridine rings is 1. The Balaban J connectivity index is 1.08. The van der Waals surface area contributed by atoms with E-state index in [0.717, 1.165) is 12.8 Å². The molecule has 5 fully saturated rings. The zero-order chi connectivity index (χ0) is 59.6. The third-order valence-electron chi connectivity index (χ3n) is 17.1. The summed E-state index contributed by atoms with van der Waals surface area (Å²) in [5.74, 6) is -5.78. The van der Waals surface area contributed by atoms with Crippen LogP contribution in [0, 0.1) is 23.7 Å². The molecule has 4 saturated heterocycles. The summed E-state index contributed by atoms with van der Waals surface area (Å²) in [6, 6.07) is 2.99. The van der Waals surface area contributed by atoms with Gasteiger partial charge in [-0.1, -0.05) is 44.5 Å². The maximum atomic E-state index is 14.8. The Morgan fingerprint density at radius 3 is 2.27 bits per heavy atom. The second-order valence-electron chi connectivity index (χ2n) is 23.7. The second-order valence-corrected chi connectivity index (χ2v) is 24.1. The number of carbonyl (C=O) groups excluding carboxylic acids is 3. The zero-order valence-electron chi connectivity index (χ0n) is 49.2. The molecule has 18 atom stereocenters. The van der Waals surface area contributed by atoms with Crippen molar-refractivity contribution in [2.24, 2.45) is 28.8 Å². The second kappa shape index (κ2) is 26.1. The molecule has 1 aromatic carbocycles. The number of aromatic nitrogens is 1. The first-order chi connectivity index (χ1) is 38.1. The molecule has 4 aliphatic heterocycles. The number of hydrogen-bond acceptors (Lipinski definition) is 21. The lowest BCUT2D eigenvalue weighted by Crippen LogP contribution is -2.61. The van der Waals surface area contributed by atoms with Crippen molar-refractivity contribution in [3.8, 4) is 0 Å². The average Bonchev–Trinajstić information content (AvgIpc) is 4.23. The van der Waals surface area contributed by atoms with Crippen molar-refractivity contribution in [1.82, 2.24) is 14.8 Å². The van der Waals surface area contributed by atoms with Crippen LogP contribution in [-0.4, -0.2) is 187 Å². The molecular formula is C57H86ClN5O18. The van der Waals surface area contributed by atoms with Crippen LogP contribution in [0.25, 0.3) is 10.9 Å². The normalized spacial score (nSPS) is 37.5. The van der Waals surface area contributed by atoms with Crippen molar-refractivity contribution in [3.05, 3.63) is 39.1 Å². The highest BCUT2D eigenvalue weighted by atomic mass is 35.5. The van der Waals surface area contributed by atoms with Gasteiger partial charge in [-0.25, -0.2) is 9.59 Å². The average molecular weight is 1160 g/mol. The van der Waals surface area contributed by atoms with Gasteiger partial charge in [0.15, 0.2) is 30.4 Å². The summed E-state index contributed by atoms with van der Waals surface area (Å²) in [5, 5.41) is 46.0. The number of ether oxygens (including phenoxy) is 9. The van der Waals surface area contributed by atoms with Crippen molar-refractivity contribution in [2.75, 3.05) is 53.3 Å². The van der Waals surface area contributed by atoms with Crippen LogP contribution in [0.4, 0.5) is 10.5 Å². The van der Waals surface area contributed by atoms with Crippen molar-refractivity contribution in [2.45, 2.75) is 204 Å².